The molecule has 0 aliphatic rings. The summed E-state index contributed by atoms with van der Waals surface area (Å²) in [6.45, 7) is 4.41. The van der Waals surface area contributed by atoms with Crippen molar-refractivity contribution in [3.05, 3.63) is 0 Å². The maximum Gasteiger partial charge on any atom is 0.142 e. The molecule has 1 unspecified atom stereocenters. The smallest absolute Gasteiger partial charge is 0.142 e. The van der Waals surface area contributed by atoms with Crippen LogP contribution in [-0.4, -0.2) is 31.8 Å². The lowest BCUT2D eigenvalue weighted by Gasteiger charge is -2.17. The zero-order valence-corrected chi connectivity index (χ0v) is 6.55. The summed E-state index contributed by atoms with van der Waals surface area (Å²) < 4.78 is 0. The minimum Gasteiger partial charge on any atom is -0.282 e. The Morgan fingerprint density at radius 2 is 2.00 bits per heavy atom. The van der Waals surface area contributed by atoms with Crippen molar-refractivity contribution in [3.8, 4) is 0 Å². The molecule has 1 atom stereocenters. The molecule has 0 spiro atoms. The van der Waals surface area contributed by atoms with Crippen LogP contribution in [0.1, 0.15) is 13.8 Å². The second-order valence-corrected chi connectivity index (χ2v) is 2.07. The third-order valence-electron chi connectivity index (χ3n) is 1.05. The molecule has 0 amide bonds. The Morgan fingerprint density at radius 3 is 2.33 bits per heavy atom. The molecular weight excluding hydrogens is 118 g/mol. The van der Waals surface area contributed by atoms with Crippen LogP contribution in [-0.2, 0) is 9.78 Å². The Balaban J connectivity index is 3.16. The Hall–Kier alpha value is -0.120. The van der Waals surface area contributed by atoms with E-state index in [0.29, 0.717) is 6.61 Å². The molecule has 3 heteroatoms. The molecule has 0 rings (SSSR count). The first-order valence-corrected chi connectivity index (χ1v) is 3.13. The van der Waals surface area contributed by atoms with E-state index in [1.807, 2.05) is 32.8 Å². The molecule has 3 nitrogen and oxygen atoms in total. The predicted molar refractivity (Wildman–Crippen MR) is 35.9 cm³/mol. The van der Waals surface area contributed by atoms with E-state index in [1.54, 1.807) is 0 Å². The molecular formula is C6H15NO2. The van der Waals surface area contributed by atoms with Crippen LogP contribution in [0, 0.1) is 0 Å². The van der Waals surface area contributed by atoms with Crippen molar-refractivity contribution in [1.82, 2.24) is 4.90 Å². The van der Waals surface area contributed by atoms with Gasteiger partial charge in [-0.25, -0.2) is 9.78 Å². The summed E-state index contributed by atoms with van der Waals surface area (Å²) in [5.74, 6) is 0. The summed E-state index contributed by atoms with van der Waals surface area (Å²) >= 11 is 0. The van der Waals surface area contributed by atoms with Gasteiger partial charge in [-0.15, -0.1) is 0 Å². The van der Waals surface area contributed by atoms with Gasteiger partial charge < -0.3 is 0 Å². The van der Waals surface area contributed by atoms with Crippen molar-refractivity contribution in [2.75, 3.05) is 20.7 Å². The van der Waals surface area contributed by atoms with Crippen molar-refractivity contribution in [3.63, 3.8) is 0 Å². The van der Waals surface area contributed by atoms with Gasteiger partial charge >= 0.3 is 0 Å². The fourth-order valence-corrected chi connectivity index (χ4v) is 0.253. The average molecular weight is 133 g/mol. The van der Waals surface area contributed by atoms with Crippen molar-refractivity contribution < 1.29 is 9.78 Å². The molecule has 0 aliphatic carbocycles. The summed E-state index contributed by atoms with van der Waals surface area (Å²) in [6.07, 6.45) is 0.0324. The Morgan fingerprint density at radius 1 is 1.44 bits per heavy atom. The quantitative estimate of drug-likeness (QED) is 0.322. The van der Waals surface area contributed by atoms with Crippen LogP contribution in [0.15, 0.2) is 0 Å². The minimum atomic E-state index is 0.0324. The van der Waals surface area contributed by atoms with E-state index in [1.165, 1.54) is 0 Å². The van der Waals surface area contributed by atoms with E-state index in [2.05, 4.69) is 0 Å². The van der Waals surface area contributed by atoms with Gasteiger partial charge in [0, 0.05) is 0 Å². The molecule has 0 heterocycles. The van der Waals surface area contributed by atoms with E-state index < -0.39 is 0 Å². The fourth-order valence-electron chi connectivity index (χ4n) is 0.253. The largest absolute Gasteiger partial charge is 0.282 e. The summed E-state index contributed by atoms with van der Waals surface area (Å²) in [5, 5.41) is 0. The highest BCUT2D eigenvalue weighted by molar-refractivity contribution is 4.38. The maximum atomic E-state index is 4.88. The lowest BCUT2D eigenvalue weighted by atomic mass is 10.6. The van der Waals surface area contributed by atoms with Gasteiger partial charge in [-0.1, -0.05) is 0 Å². The van der Waals surface area contributed by atoms with Crippen LogP contribution in [0.3, 0.4) is 0 Å². The highest BCUT2D eigenvalue weighted by Gasteiger charge is 2.02. The van der Waals surface area contributed by atoms with E-state index >= 15 is 0 Å². The van der Waals surface area contributed by atoms with Gasteiger partial charge in [0.2, 0.25) is 0 Å². The number of rotatable bonds is 4. The number of hydrogen-bond acceptors (Lipinski definition) is 3. The minimum absolute atomic E-state index is 0.0324. The highest BCUT2D eigenvalue weighted by Crippen LogP contribution is 1.93. The molecule has 0 saturated carbocycles. The monoisotopic (exact) mass is 133 g/mol. The topological polar surface area (TPSA) is 21.7 Å². The molecule has 0 radical (unpaired) electrons. The van der Waals surface area contributed by atoms with Gasteiger partial charge in [0.15, 0.2) is 0 Å². The van der Waals surface area contributed by atoms with Gasteiger partial charge in [0.05, 0.1) is 6.61 Å². The van der Waals surface area contributed by atoms with Crippen molar-refractivity contribution in [1.29, 1.82) is 0 Å². The highest BCUT2D eigenvalue weighted by atomic mass is 17.2. The number of nitrogens with zero attached hydrogens (tertiary/aromatic N) is 1. The summed E-state index contributed by atoms with van der Waals surface area (Å²) in [7, 11) is 3.87. The van der Waals surface area contributed by atoms with Gasteiger partial charge in [-0.05, 0) is 27.9 Å². The zero-order chi connectivity index (χ0) is 7.28. The first-order chi connectivity index (χ1) is 4.18. The normalized spacial score (nSPS) is 14.3. The molecule has 0 N–H and O–H groups in total. The second kappa shape index (κ2) is 4.73. The van der Waals surface area contributed by atoms with Crippen molar-refractivity contribution >= 4 is 0 Å². The summed E-state index contributed by atoms with van der Waals surface area (Å²) in [6, 6.07) is 0. The van der Waals surface area contributed by atoms with Crippen LogP contribution in [0.4, 0.5) is 0 Å². The fraction of sp³-hybridized carbons (Fsp3) is 1.00. The SMILES string of the molecule is CCOOC(C)N(C)C. The lowest BCUT2D eigenvalue weighted by Crippen LogP contribution is -2.27. The molecule has 56 valence electrons. The molecule has 0 aliphatic heterocycles. The van der Waals surface area contributed by atoms with Crippen LogP contribution >= 0.6 is 0 Å². The van der Waals surface area contributed by atoms with Crippen LogP contribution in [0.25, 0.3) is 0 Å². The van der Waals surface area contributed by atoms with E-state index in [-0.39, 0.29) is 6.23 Å². The predicted octanol–water partition coefficient (Wildman–Crippen LogP) is 0.862. The zero-order valence-electron chi connectivity index (χ0n) is 6.55. The van der Waals surface area contributed by atoms with Gasteiger partial charge in [-0.3, -0.25) is 4.90 Å². The van der Waals surface area contributed by atoms with Crippen LogP contribution in [0.2, 0.25) is 0 Å². The molecule has 0 aromatic carbocycles. The first kappa shape index (κ1) is 8.88. The maximum absolute atomic E-state index is 4.88. The molecule has 0 aromatic heterocycles. The van der Waals surface area contributed by atoms with E-state index in [0.717, 1.165) is 0 Å². The standard InChI is InChI=1S/C6H15NO2/c1-5-8-9-6(2)7(3)4/h6H,5H2,1-4H3. The lowest BCUT2D eigenvalue weighted by molar-refractivity contribution is -0.340. The van der Waals surface area contributed by atoms with E-state index in [9.17, 15) is 0 Å². The molecule has 0 saturated heterocycles. The average Bonchev–Trinajstić information content (AvgIpc) is 1.82. The van der Waals surface area contributed by atoms with Crippen LogP contribution in [0.5, 0.6) is 0 Å². The summed E-state index contributed by atoms with van der Waals surface area (Å²) in [4.78, 5) is 11.5. The Bertz CT molecular complexity index is 66.1. The van der Waals surface area contributed by atoms with Gasteiger partial charge in [0.25, 0.3) is 0 Å². The second-order valence-electron chi connectivity index (χ2n) is 2.07. The molecule has 0 fully saturated rings. The third-order valence-corrected chi connectivity index (χ3v) is 1.05. The van der Waals surface area contributed by atoms with Gasteiger partial charge in [-0.2, -0.15) is 0 Å². The molecule has 0 bridgehead atoms. The molecule has 0 aromatic rings. The Kier molecular flexibility index (Phi) is 4.67. The van der Waals surface area contributed by atoms with Crippen molar-refractivity contribution in [2.45, 2.75) is 20.1 Å². The first-order valence-electron chi connectivity index (χ1n) is 3.13. The van der Waals surface area contributed by atoms with Crippen molar-refractivity contribution in [2.24, 2.45) is 0 Å². The molecule has 9 heavy (non-hydrogen) atoms. The Labute approximate surface area is 56.5 Å². The van der Waals surface area contributed by atoms with Gasteiger partial charge in [0.1, 0.15) is 6.23 Å². The third kappa shape index (κ3) is 4.39. The van der Waals surface area contributed by atoms with E-state index in [4.69, 9.17) is 9.78 Å². The number of hydrogen-bond donors (Lipinski definition) is 0. The summed E-state index contributed by atoms with van der Waals surface area (Å²) in [5.41, 5.74) is 0. The van der Waals surface area contributed by atoms with Crippen LogP contribution < -0.4 is 0 Å².